The Kier molecular flexibility index (Phi) is 5.83. The van der Waals surface area contributed by atoms with Crippen molar-refractivity contribution in [3.63, 3.8) is 0 Å². The molecule has 0 aromatic heterocycles. The summed E-state index contributed by atoms with van der Waals surface area (Å²) in [5, 5.41) is 14.1. The minimum Gasteiger partial charge on any atom is -0.492 e. The van der Waals surface area contributed by atoms with Crippen LogP contribution >= 0.6 is 0 Å². The number of ether oxygens (including phenoxy) is 1. The van der Waals surface area contributed by atoms with Gasteiger partial charge in [0.2, 0.25) is 0 Å². The number of hydrogen-bond donors (Lipinski definition) is 3. The van der Waals surface area contributed by atoms with E-state index in [1.54, 1.807) is 32.0 Å². The molecule has 0 saturated heterocycles. The summed E-state index contributed by atoms with van der Waals surface area (Å²) in [6, 6.07) is 6.12. The number of anilines is 1. The molecule has 0 aliphatic carbocycles. The number of aliphatic carboxylic acids is 1. The first kappa shape index (κ1) is 15.8. The van der Waals surface area contributed by atoms with Crippen molar-refractivity contribution in [2.75, 3.05) is 11.9 Å². The summed E-state index contributed by atoms with van der Waals surface area (Å²) in [6.07, 6.45) is 0. The highest BCUT2D eigenvalue weighted by molar-refractivity contribution is 5.91. The predicted octanol–water partition coefficient (Wildman–Crippen LogP) is 2.32. The number of benzene rings is 1. The number of para-hydroxylation sites is 2. The van der Waals surface area contributed by atoms with Gasteiger partial charge >= 0.3 is 12.0 Å². The van der Waals surface area contributed by atoms with E-state index < -0.39 is 24.0 Å². The highest BCUT2D eigenvalue weighted by Crippen LogP contribution is 2.23. The van der Waals surface area contributed by atoms with Gasteiger partial charge in [0.05, 0.1) is 18.2 Å². The molecule has 1 rings (SSSR count). The standard InChI is InChI=1S/C14H20N2O4/c1-4-20-12-8-6-5-7-11(12)16-14(19)15-10(3)9(2)13(17)18/h5-10H,4H2,1-3H3,(H,17,18)(H2,15,16,19). The molecule has 2 amide bonds. The number of carboxylic acids is 1. The van der Waals surface area contributed by atoms with Gasteiger partial charge in [-0.3, -0.25) is 4.79 Å². The van der Waals surface area contributed by atoms with E-state index in [0.29, 0.717) is 18.0 Å². The average Bonchev–Trinajstić information content (AvgIpc) is 2.40. The van der Waals surface area contributed by atoms with Crippen LogP contribution in [0, 0.1) is 5.92 Å². The van der Waals surface area contributed by atoms with E-state index >= 15 is 0 Å². The van der Waals surface area contributed by atoms with Crippen molar-refractivity contribution in [3.05, 3.63) is 24.3 Å². The molecule has 0 aliphatic heterocycles. The molecule has 6 heteroatoms. The number of carbonyl (C=O) groups is 2. The molecule has 0 bridgehead atoms. The van der Waals surface area contributed by atoms with Crippen molar-refractivity contribution in [1.82, 2.24) is 5.32 Å². The number of amides is 2. The van der Waals surface area contributed by atoms with Crippen molar-refractivity contribution in [1.29, 1.82) is 0 Å². The first-order valence-electron chi connectivity index (χ1n) is 6.47. The van der Waals surface area contributed by atoms with Crippen molar-refractivity contribution >= 4 is 17.7 Å². The van der Waals surface area contributed by atoms with Gasteiger partial charge in [-0.15, -0.1) is 0 Å². The highest BCUT2D eigenvalue weighted by atomic mass is 16.5. The molecule has 1 aromatic carbocycles. The van der Waals surface area contributed by atoms with Crippen LogP contribution in [0.2, 0.25) is 0 Å². The minimum atomic E-state index is -0.951. The predicted molar refractivity (Wildman–Crippen MR) is 76.0 cm³/mol. The molecule has 1 aromatic rings. The van der Waals surface area contributed by atoms with Crippen LogP contribution in [0.25, 0.3) is 0 Å². The average molecular weight is 280 g/mol. The van der Waals surface area contributed by atoms with Gasteiger partial charge in [-0.05, 0) is 32.9 Å². The Bertz CT molecular complexity index is 476. The smallest absolute Gasteiger partial charge is 0.319 e. The maximum absolute atomic E-state index is 11.8. The number of nitrogens with one attached hydrogen (secondary N) is 2. The van der Waals surface area contributed by atoms with Crippen LogP contribution in [0.15, 0.2) is 24.3 Å². The van der Waals surface area contributed by atoms with Crippen LogP contribution in [0.1, 0.15) is 20.8 Å². The quantitative estimate of drug-likeness (QED) is 0.746. The lowest BCUT2D eigenvalue weighted by molar-refractivity contribution is -0.141. The van der Waals surface area contributed by atoms with E-state index in [9.17, 15) is 9.59 Å². The molecule has 2 atom stereocenters. The lowest BCUT2D eigenvalue weighted by atomic mass is 10.0. The van der Waals surface area contributed by atoms with Gasteiger partial charge in [-0.2, -0.15) is 0 Å². The van der Waals surface area contributed by atoms with Crippen LogP contribution < -0.4 is 15.4 Å². The van der Waals surface area contributed by atoms with Crippen molar-refractivity contribution in [2.45, 2.75) is 26.8 Å². The van der Waals surface area contributed by atoms with Crippen molar-refractivity contribution in [3.8, 4) is 5.75 Å². The summed E-state index contributed by atoms with van der Waals surface area (Å²) >= 11 is 0. The topological polar surface area (TPSA) is 87.7 Å². The Hall–Kier alpha value is -2.24. The molecule has 6 nitrogen and oxygen atoms in total. The Morgan fingerprint density at radius 1 is 1.30 bits per heavy atom. The molecular formula is C14H20N2O4. The second-order valence-corrected chi connectivity index (χ2v) is 4.44. The van der Waals surface area contributed by atoms with E-state index in [4.69, 9.17) is 9.84 Å². The summed E-state index contributed by atoms with van der Waals surface area (Å²) in [6.45, 7) is 5.54. The highest BCUT2D eigenvalue weighted by Gasteiger charge is 2.21. The van der Waals surface area contributed by atoms with Gasteiger partial charge in [-0.1, -0.05) is 12.1 Å². The van der Waals surface area contributed by atoms with Crippen LogP contribution in [-0.2, 0) is 4.79 Å². The molecular weight excluding hydrogens is 260 g/mol. The fraction of sp³-hybridized carbons (Fsp3) is 0.429. The number of carboxylic acid groups (broad SMARTS) is 1. The monoisotopic (exact) mass is 280 g/mol. The lowest BCUT2D eigenvalue weighted by Gasteiger charge is -2.19. The summed E-state index contributed by atoms with van der Waals surface area (Å²) in [7, 11) is 0. The first-order valence-corrected chi connectivity index (χ1v) is 6.47. The summed E-state index contributed by atoms with van der Waals surface area (Å²) in [4.78, 5) is 22.7. The second-order valence-electron chi connectivity index (χ2n) is 4.44. The van der Waals surface area contributed by atoms with E-state index in [-0.39, 0.29) is 0 Å². The van der Waals surface area contributed by atoms with Crippen LogP contribution in [0.3, 0.4) is 0 Å². The molecule has 0 radical (unpaired) electrons. The van der Waals surface area contributed by atoms with E-state index in [0.717, 1.165) is 0 Å². The third-order valence-electron chi connectivity index (χ3n) is 2.93. The molecule has 0 fully saturated rings. The second kappa shape index (κ2) is 7.37. The normalized spacial score (nSPS) is 13.2. The Balaban J connectivity index is 2.65. The minimum absolute atomic E-state index is 0.460. The van der Waals surface area contributed by atoms with E-state index in [2.05, 4.69) is 10.6 Å². The number of rotatable bonds is 6. The Labute approximate surface area is 118 Å². The maximum atomic E-state index is 11.8. The third kappa shape index (κ3) is 4.46. The Morgan fingerprint density at radius 3 is 2.55 bits per heavy atom. The zero-order valence-corrected chi connectivity index (χ0v) is 11.8. The number of urea groups is 1. The van der Waals surface area contributed by atoms with Crippen LogP contribution in [0.4, 0.5) is 10.5 Å². The zero-order chi connectivity index (χ0) is 15.1. The zero-order valence-electron chi connectivity index (χ0n) is 11.8. The fourth-order valence-corrected chi connectivity index (χ4v) is 1.56. The van der Waals surface area contributed by atoms with Crippen LogP contribution in [-0.4, -0.2) is 29.8 Å². The summed E-state index contributed by atoms with van der Waals surface area (Å²) < 4.78 is 5.39. The molecule has 0 spiro atoms. The van der Waals surface area contributed by atoms with Gasteiger partial charge < -0.3 is 20.5 Å². The maximum Gasteiger partial charge on any atom is 0.319 e. The Morgan fingerprint density at radius 2 is 1.95 bits per heavy atom. The fourth-order valence-electron chi connectivity index (χ4n) is 1.56. The summed E-state index contributed by atoms with van der Waals surface area (Å²) in [5.41, 5.74) is 0.544. The molecule has 0 heterocycles. The number of carbonyl (C=O) groups excluding carboxylic acids is 1. The van der Waals surface area contributed by atoms with Gasteiger partial charge in [0, 0.05) is 6.04 Å². The van der Waals surface area contributed by atoms with Gasteiger partial charge in [0.15, 0.2) is 0 Å². The van der Waals surface area contributed by atoms with E-state index in [1.165, 1.54) is 0 Å². The molecule has 110 valence electrons. The van der Waals surface area contributed by atoms with Crippen molar-refractivity contribution in [2.24, 2.45) is 5.92 Å². The van der Waals surface area contributed by atoms with Gasteiger partial charge in [0.1, 0.15) is 5.75 Å². The SMILES string of the molecule is CCOc1ccccc1NC(=O)NC(C)C(C)C(=O)O. The third-order valence-corrected chi connectivity index (χ3v) is 2.93. The molecule has 2 unspecified atom stereocenters. The molecule has 0 saturated carbocycles. The molecule has 3 N–H and O–H groups in total. The van der Waals surface area contributed by atoms with E-state index in [1.807, 2.05) is 13.0 Å². The van der Waals surface area contributed by atoms with Crippen molar-refractivity contribution < 1.29 is 19.4 Å². The first-order chi connectivity index (χ1) is 9.45. The largest absolute Gasteiger partial charge is 0.492 e. The van der Waals surface area contributed by atoms with Gasteiger partial charge in [-0.25, -0.2) is 4.79 Å². The lowest BCUT2D eigenvalue weighted by Crippen LogP contribution is -2.42. The summed E-state index contributed by atoms with van der Waals surface area (Å²) in [5.74, 6) is -1.04. The number of hydrogen-bond acceptors (Lipinski definition) is 3. The van der Waals surface area contributed by atoms with Gasteiger partial charge in [0.25, 0.3) is 0 Å². The molecule has 0 aliphatic rings. The molecule has 20 heavy (non-hydrogen) atoms. The van der Waals surface area contributed by atoms with Crippen LogP contribution in [0.5, 0.6) is 5.75 Å².